The Morgan fingerprint density at radius 3 is 2.67 bits per heavy atom. The molecule has 0 aromatic heterocycles. The van der Waals surface area contributed by atoms with Crippen molar-refractivity contribution in [3.63, 3.8) is 0 Å². The Hall–Kier alpha value is -1.58. The Kier molecular flexibility index (Phi) is 2.14. The molecule has 1 saturated carbocycles. The molecule has 4 heteroatoms. The monoisotopic (exact) mass is 210 g/mol. The lowest BCUT2D eigenvalue weighted by Crippen LogP contribution is -2.13. The topological polar surface area (TPSA) is 57.5 Å². The molecule has 2 N–H and O–H groups in total. The van der Waals surface area contributed by atoms with Crippen molar-refractivity contribution in [2.24, 2.45) is 0 Å². The first kappa shape index (κ1) is 9.96. The van der Waals surface area contributed by atoms with E-state index in [0.29, 0.717) is 18.4 Å². The van der Waals surface area contributed by atoms with Crippen LogP contribution in [0, 0.1) is 5.82 Å². The standard InChI is InChI=1S/C11H11FO3/c12-8-3-1-2-7(10(8)15)11(4-5-11)6-9(13)14/h1-3,15H,4-6H2,(H,13,14). The maximum atomic E-state index is 13.1. The SMILES string of the molecule is O=C(O)CC1(c2cccc(F)c2O)CC1. The molecule has 0 atom stereocenters. The number of phenols is 1. The summed E-state index contributed by atoms with van der Waals surface area (Å²) < 4.78 is 13.1. The summed E-state index contributed by atoms with van der Waals surface area (Å²) in [6, 6.07) is 4.25. The number of hydrogen-bond donors (Lipinski definition) is 2. The first-order chi connectivity index (χ1) is 7.05. The van der Waals surface area contributed by atoms with Crippen molar-refractivity contribution < 1.29 is 19.4 Å². The molecule has 0 radical (unpaired) electrons. The van der Waals surface area contributed by atoms with Crippen LogP contribution in [-0.4, -0.2) is 16.2 Å². The van der Waals surface area contributed by atoms with Gasteiger partial charge in [-0.3, -0.25) is 4.79 Å². The van der Waals surface area contributed by atoms with E-state index in [0.717, 1.165) is 6.07 Å². The van der Waals surface area contributed by atoms with Crippen molar-refractivity contribution >= 4 is 5.97 Å². The number of aliphatic carboxylic acids is 1. The molecule has 0 bridgehead atoms. The number of para-hydroxylation sites is 1. The smallest absolute Gasteiger partial charge is 0.304 e. The minimum absolute atomic E-state index is 0.0516. The van der Waals surface area contributed by atoms with Crippen LogP contribution in [-0.2, 0) is 10.2 Å². The Bertz CT molecular complexity index is 410. The van der Waals surface area contributed by atoms with Crippen molar-refractivity contribution in [1.82, 2.24) is 0 Å². The molecule has 0 spiro atoms. The van der Waals surface area contributed by atoms with E-state index < -0.39 is 23.0 Å². The second-order valence-corrected chi connectivity index (χ2v) is 3.99. The predicted molar refractivity (Wildman–Crippen MR) is 51.2 cm³/mol. The zero-order valence-electron chi connectivity index (χ0n) is 8.03. The van der Waals surface area contributed by atoms with Crippen LogP contribution in [0.1, 0.15) is 24.8 Å². The molecule has 3 nitrogen and oxygen atoms in total. The van der Waals surface area contributed by atoms with E-state index in [9.17, 15) is 14.3 Å². The van der Waals surface area contributed by atoms with E-state index in [4.69, 9.17) is 5.11 Å². The molecule has 15 heavy (non-hydrogen) atoms. The van der Waals surface area contributed by atoms with E-state index in [1.807, 2.05) is 0 Å². The molecule has 0 heterocycles. The summed E-state index contributed by atoms with van der Waals surface area (Å²) >= 11 is 0. The third-order valence-electron chi connectivity index (χ3n) is 2.90. The van der Waals surface area contributed by atoms with Crippen molar-refractivity contribution in [2.45, 2.75) is 24.7 Å². The summed E-state index contributed by atoms with van der Waals surface area (Å²) in [5, 5.41) is 18.3. The van der Waals surface area contributed by atoms with Gasteiger partial charge >= 0.3 is 5.97 Å². The average Bonchev–Trinajstić information content (AvgIpc) is 2.89. The Morgan fingerprint density at radius 2 is 2.13 bits per heavy atom. The molecular weight excluding hydrogens is 199 g/mol. The van der Waals surface area contributed by atoms with Crippen molar-refractivity contribution in [2.75, 3.05) is 0 Å². The van der Waals surface area contributed by atoms with Gasteiger partial charge in [-0.05, 0) is 18.9 Å². The van der Waals surface area contributed by atoms with Gasteiger partial charge in [0.25, 0.3) is 0 Å². The lowest BCUT2D eigenvalue weighted by Gasteiger charge is -2.14. The molecule has 0 aliphatic heterocycles. The number of aromatic hydroxyl groups is 1. The van der Waals surface area contributed by atoms with Crippen LogP contribution in [0.4, 0.5) is 4.39 Å². The van der Waals surface area contributed by atoms with E-state index in [-0.39, 0.29) is 6.42 Å². The lowest BCUT2D eigenvalue weighted by atomic mass is 9.91. The van der Waals surface area contributed by atoms with Gasteiger partial charge in [0, 0.05) is 11.0 Å². The summed E-state index contributed by atoms with van der Waals surface area (Å²) in [6.07, 6.45) is 1.33. The fourth-order valence-corrected chi connectivity index (χ4v) is 1.92. The Balaban J connectivity index is 2.37. The maximum Gasteiger partial charge on any atom is 0.304 e. The molecule has 1 aromatic carbocycles. The van der Waals surface area contributed by atoms with Gasteiger partial charge in [0.15, 0.2) is 11.6 Å². The zero-order valence-corrected chi connectivity index (χ0v) is 8.03. The fourth-order valence-electron chi connectivity index (χ4n) is 1.92. The van der Waals surface area contributed by atoms with E-state index in [1.165, 1.54) is 6.07 Å². The number of rotatable bonds is 3. The zero-order chi connectivity index (χ0) is 11.1. The summed E-state index contributed by atoms with van der Waals surface area (Å²) in [7, 11) is 0. The van der Waals surface area contributed by atoms with Gasteiger partial charge in [-0.25, -0.2) is 4.39 Å². The minimum Gasteiger partial charge on any atom is -0.505 e. The number of halogens is 1. The van der Waals surface area contributed by atoms with Gasteiger partial charge in [-0.2, -0.15) is 0 Å². The second-order valence-electron chi connectivity index (χ2n) is 3.99. The highest BCUT2D eigenvalue weighted by atomic mass is 19.1. The van der Waals surface area contributed by atoms with Crippen LogP contribution < -0.4 is 0 Å². The van der Waals surface area contributed by atoms with E-state index in [2.05, 4.69) is 0 Å². The number of hydrogen-bond acceptors (Lipinski definition) is 2. The van der Waals surface area contributed by atoms with Gasteiger partial charge in [0.1, 0.15) is 0 Å². The van der Waals surface area contributed by atoms with Gasteiger partial charge in [-0.15, -0.1) is 0 Å². The summed E-state index contributed by atoms with van der Waals surface area (Å²) in [6.45, 7) is 0. The van der Waals surface area contributed by atoms with Crippen molar-refractivity contribution in [3.05, 3.63) is 29.6 Å². The molecule has 1 aliphatic rings. The highest BCUT2D eigenvalue weighted by Gasteiger charge is 2.47. The fraction of sp³-hybridized carbons (Fsp3) is 0.364. The van der Waals surface area contributed by atoms with Crippen LogP contribution in [0.5, 0.6) is 5.75 Å². The number of carboxylic acid groups (broad SMARTS) is 1. The van der Waals surface area contributed by atoms with Crippen LogP contribution in [0.15, 0.2) is 18.2 Å². The lowest BCUT2D eigenvalue weighted by molar-refractivity contribution is -0.137. The van der Waals surface area contributed by atoms with E-state index >= 15 is 0 Å². The molecular formula is C11H11FO3. The molecule has 80 valence electrons. The highest BCUT2D eigenvalue weighted by Crippen LogP contribution is 2.53. The molecule has 2 rings (SSSR count). The van der Waals surface area contributed by atoms with Gasteiger partial charge in [0.2, 0.25) is 0 Å². The van der Waals surface area contributed by atoms with Crippen molar-refractivity contribution in [3.8, 4) is 5.75 Å². The van der Waals surface area contributed by atoms with Crippen LogP contribution >= 0.6 is 0 Å². The number of benzene rings is 1. The summed E-state index contributed by atoms with van der Waals surface area (Å²) in [4.78, 5) is 10.6. The van der Waals surface area contributed by atoms with Crippen LogP contribution in [0.3, 0.4) is 0 Å². The normalized spacial score (nSPS) is 17.4. The maximum absolute atomic E-state index is 13.1. The molecule has 1 fully saturated rings. The first-order valence-electron chi connectivity index (χ1n) is 4.75. The largest absolute Gasteiger partial charge is 0.505 e. The third-order valence-corrected chi connectivity index (χ3v) is 2.90. The first-order valence-corrected chi connectivity index (χ1v) is 4.75. The van der Waals surface area contributed by atoms with Gasteiger partial charge < -0.3 is 10.2 Å². The predicted octanol–water partition coefficient (Wildman–Crippen LogP) is 2.04. The molecule has 1 aromatic rings. The van der Waals surface area contributed by atoms with E-state index in [1.54, 1.807) is 6.07 Å². The van der Waals surface area contributed by atoms with Crippen LogP contribution in [0.25, 0.3) is 0 Å². The average molecular weight is 210 g/mol. The second kappa shape index (κ2) is 3.22. The number of phenolic OH excluding ortho intramolecular Hbond substituents is 1. The molecule has 1 aliphatic carbocycles. The summed E-state index contributed by atoms with van der Waals surface area (Å²) in [5.74, 6) is -2.02. The van der Waals surface area contributed by atoms with Crippen molar-refractivity contribution in [1.29, 1.82) is 0 Å². The number of carboxylic acids is 1. The minimum atomic E-state index is -0.920. The number of carbonyl (C=O) groups is 1. The molecule has 0 unspecified atom stereocenters. The quantitative estimate of drug-likeness (QED) is 0.802. The molecule has 0 saturated heterocycles. The Labute approximate surface area is 86.2 Å². The van der Waals surface area contributed by atoms with Crippen LogP contribution in [0.2, 0.25) is 0 Å². The van der Waals surface area contributed by atoms with Gasteiger partial charge in [-0.1, -0.05) is 12.1 Å². The Morgan fingerprint density at radius 1 is 1.47 bits per heavy atom. The third kappa shape index (κ3) is 1.67. The highest BCUT2D eigenvalue weighted by molar-refractivity contribution is 5.70. The summed E-state index contributed by atoms with van der Waals surface area (Å²) in [5.41, 5.74) is -0.122. The molecule has 0 amide bonds. The van der Waals surface area contributed by atoms with Gasteiger partial charge in [0.05, 0.1) is 6.42 Å².